The lowest BCUT2D eigenvalue weighted by Crippen LogP contribution is -2.55. The SMILES string of the molecule is ClC1=CC2NC(C3CN(c4c5c(nc6ccnn46)CNCC5)C3)=NC2C(Cl)=C1. The maximum absolute atomic E-state index is 6.35. The van der Waals surface area contributed by atoms with Crippen molar-refractivity contribution in [3.8, 4) is 0 Å². The summed E-state index contributed by atoms with van der Waals surface area (Å²) < 4.78 is 1.98. The maximum atomic E-state index is 6.35. The number of nitrogens with zero attached hydrogens (tertiary/aromatic N) is 5. The van der Waals surface area contributed by atoms with E-state index in [1.165, 1.54) is 11.4 Å². The summed E-state index contributed by atoms with van der Waals surface area (Å²) in [4.78, 5) is 12.0. The molecule has 0 saturated carbocycles. The van der Waals surface area contributed by atoms with Gasteiger partial charge in [-0.1, -0.05) is 23.2 Å². The topological polar surface area (TPSA) is 69.8 Å². The lowest BCUT2D eigenvalue weighted by atomic mass is 9.96. The van der Waals surface area contributed by atoms with Crippen LogP contribution in [-0.2, 0) is 13.0 Å². The van der Waals surface area contributed by atoms with E-state index in [1.54, 1.807) is 6.08 Å². The van der Waals surface area contributed by atoms with Crippen molar-refractivity contribution >= 4 is 40.5 Å². The average Bonchev–Trinajstić information content (AvgIpc) is 3.26. The third kappa shape index (κ3) is 2.50. The Labute approximate surface area is 172 Å². The molecule has 0 radical (unpaired) electrons. The molecule has 2 unspecified atom stereocenters. The monoisotopic (exact) mass is 415 g/mol. The van der Waals surface area contributed by atoms with Crippen LogP contribution in [-0.4, -0.2) is 52.2 Å². The molecule has 9 heteroatoms. The van der Waals surface area contributed by atoms with Crippen molar-refractivity contribution in [2.24, 2.45) is 10.9 Å². The Morgan fingerprint density at radius 3 is 3.00 bits per heavy atom. The van der Waals surface area contributed by atoms with Crippen LogP contribution in [0.3, 0.4) is 0 Å². The summed E-state index contributed by atoms with van der Waals surface area (Å²) in [5.74, 6) is 2.57. The number of aliphatic imine (C=N–C) groups is 1. The summed E-state index contributed by atoms with van der Waals surface area (Å²) in [6.45, 7) is 3.60. The van der Waals surface area contributed by atoms with Gasteiger partial charge in [0.05, 0.1) is 23.9 Å². The van der Waals surface area contributed by atoms with E-state index in [4.69, 9.17) is 33.2 Å². The quantitative estimate of drug-likeness (QED) is 0.782. The fraction of sp³-hybridized carbons (Fsp3) is 0.421. The summed E-state index contributed by atoms with van der Waals surface area (Å²) in [6.07, 6.45) is 6.57. The fourth-order valence-corrected chi connectivity index (χ4v) is 5.13. The van der Waals surface area contributed by atoms with Crippen LogP contribution in [0.15, 0.2) is 39.5 Å². The highest BCUT2D eigenvalue weighted by Gasteiger charge is 2.40. The first-order valence-electron chi connectivity index (χ1n) is 9.57. The van der Waals surface area contributed by atoms with Gasteiger partial charge in [0.15, 0.2) is 5.65 Å². The molecule has 0 spiro atoms. The zero-order valence-electron chi connectivity index (χ0n) is 15.1. The van der Waals surface area contributed by atoms with E-state index in [0.29, 0.717) is 16.0 Å². The number of hydrogen-bond acceptors (Lipinski definition) is 6. The van der Waals surface area contributed by atoms with Gasteiger partial charge in [0.25, 0.3) is 0 Å². The van der Waals surface area contributed by atoms with Crippen LogP contribution >= 0.6 is 23.2 Å². The van der Waals surface area contributed by atoms with Gasteiger partial charge in [0.1, 0.15) is 17.7 Å². The summed E-state index contributed by atoms with van der Waals surface area (Å²) >= 11 is 12.5. The Hall–Kier alpha value is -2.09. The Bertz CT molecular complexity index is 1060. The Morgan fingerprint density at radius 1 is 1.21 bits per heavy atom. The largest absolute Gasteiger partial charge is 0.365 e. The molecule has 1 aliphatic carbocycles. The van der Waals surface area contributed by atoms with E-state index >= 15 is 0 Å². The number of amidine groups is 1. The first-order chi connectivity index (χ1) is 13.7. The number of hydrogen-bond donors (Lipinski definition) is 2. The molecule has 4 aliphatic rings. The molecule has 2 aromatic rings. The highest BCUT2D eigenvalue weighted by molar-refractivity contribution is 6.35. The van der Waals surface area contributed by atoms with Gasteiger partial charge < -0.3 is 15.5 Å². The molecule has 28 heavy (non-hydrogen) atoms. The molecular formula is C19H19Cl2N7. The molecular weight excluding hydrogens is 397 g/mol. The van der Waals surface area contributed by atoms with Crippen molar-refractivity contribution in [1.29, 1.82) is 0 Å². The minimum atomic E-state index is -0.0502. The molecule has 1 fully saturated rings. The molecule has 7 nitrogen and oxygen atoms in total. The van der Waals surface area contributed by atoms with Crippen LogP contribution in [0.25, 0.3) is 5.65 Å². The highest BCUT2D eigenvalue weighted by Crippen LogP contribution is 2.35. The van der Waals surface area contributed by atoms with Gasteiger partial charge in [0.2, 0.25) is 0 Å². The van der Waals surface area contributed by atoms with E-state index in [9.17, 15) is 0 Å². The van der Waals surface area contributed by atoms with Crippen molar-refractivity contribution in [1.82, 2.24) is 25.2 Å². The van der Waals surface area contributed by atoms with Gasteiger partial charge in [-0.25, -0.2) is 4.98 Å². The predicted octanol–water partition coefficient (Wildman–Crippen LogP) is 1.81. The van der Waals surface area contributed by atoms with Gasteiger partial charge in [0, 0.05) is 41.3 Å². The minimum absolute atomic E-state index is 0.0502. The minimum Gasteiger partial charge on any atom is -0.365 e. The second-order valence-corrected chi connectivity index (χ2v) is 8.57. The van der Waals surface area contributed by atoms with Crippen molar-refractivity contribution in [2.75, 3.05) is 24.5 Å². The van der Waals surface area contributed by atoms with E-state index in [1.807, 2.05) is 22.9 Å². The highest BCUT2D eigenvalue weighted by atomic mass is 35.5. The zero-order valence-corrected chi connectivity index (χ0v) is 16.6. The van der Waals surface area contributed by atoms with E-state index in [0.717, 1.165) is 49.8 Å². The number of fused-ring (bicyclic) bond motifs is 3. The lowest BCUT2D eigenvalue weighted by molar-refractivity contribution is 0.495. The van der Waals surface area contributed by atoms with Gasteiger partial charge in [-0.05, 0) is 25.1 Å². The summed E-state index contributed by atoms with van der Waals surface area (Å²) in [6, 6.07) is 1.98. The summed E-state index contributed by atoms with van der Waals surface area (Å²) in [5.41, 5.74) is 3.35. The molecule has 0 amide bonds. The number of aromatic nitrogens is 3. The zero-order chi connectivity index (χ0) is 18.8. The third-order valence-corrected chi connectivity index (χ3v) is 6.50. The molecule has 0 aromatic carbocycles. The molecule has 1 saturated heterocycles. The second kappa shape index (κ2) is 6.20. The van der Waals surface area contributed by atoms with Crippen LogP contribution in [0.2, 0.25) is 0 Å². The summed E-state index contributed by atoms with van der Waals surface area (Å²) in [5, 5.41) is 12.8. The van der Waals surface area contributed by atoms with Crippen LogP contribution in [0.1, 0.15) is 11.3 Å². The van der Waals surface area contributed by atoms with Gasteiger partial charge in [-0.15, -0.1) is 0 Å². The number of nitrogens with one attached hydrogen (secondary N) is 2. The summed E-state index contributed by atoms with van der Waals surface area (Å²) in [7, 11) is 0. The van der Waals surface area contributed by atoms with Crippen molar-refractivity contribution in [2.45, 2.75) is 25.0 Å². The molecule has 144 valence electrons. The lowest BCUT2D eigenvalue weighted by Gasteiger charge is -2.42. The van der Waals surface area contributed by atoms with Crippen LogP contribution in [0.5, 0.6) is 0 Å². The van der Waals surface area contributed by atoms with Crippen molar-refractivity contribution in [3.63, 3.8) is 0 Å². The Kier molecular flexibility index (Phi) is 3.73. The number of halogens is 2. The standard InChI is InChI=1S/C19H19Cl2N7/c20-11-5-13(21)17-14(6-11)25-18(26-17)10-8-27(9-10)19-12-1-3-22-7-15(12)24-16-2-4-23-28(16)19/h2,4-6,10,14,17,22H,1,3,7-9H2,(H,25,26). The second-order valence-electron chi connectivity index (χ2n) is 7.70. The molecule has 2 atom stereocenters. The van der Waals surface area contributed by atoms with E-state index in [2.05, 4.69) is 20.6 Å². The van der Waals surface area contributed by atoms with Crippen LogP contribution < -0.4 is 15.5 Å². The van der Waals surface area contributed by atoms with E-state index in [-0.39, 0.29) is 12.1 Å². The number of rotatable bonds is 2. The van der Waals surface area contributed by atoms with Gasteiger partial charge in [-0.3, -0.25) is 4.99 Å². The number of allylic oxidation sites excluding steroid dienone is 2. The normalized spacial score (nSPS) is 26.8. The smallest absolute Gasteiger partial charge is 0.157 e. The molecule has 2 N–H and O–H groups in total. The fourth-order valence-electron chi connectivity index (χ4n) is 4.52. The van der Waals surface area contributed by atoms with Crippen LogP contribution in [0, 0.1) is 5.92 Å². The van der Waals surface area contributed by atoms with Gasteiger partial charge in [-0.2, -0.15) is 9.61 Å². The molecule has 3 aliphatic heterocycles. The molecule has 2 aromatic heterocycles. The third-order valence-electron chi connectivity index (χ3n) is 5.93. The molecule has 6 rings (SSSR count). The van der Waals surface area contributed by atoms with Crippen molar-refractivity contribution in [3.05, 3.63) is 45.7 Å². The maximum Gasteiger partial charge on any atom is 0.157 e. The molecule has 0 bridgehead atoms. The van der Waals surface area contributed by atoms with E-state index < -0.39 is 0 Å². The Balaban J connectivity index is 1.27. The average molecular weight is 416 g/mol. The first kappa shape index (κ1) is 16.8. The first-order valence-corrected chi connectivity index (χ1v) is 10.3. The molecule has 5 heterocycles. The Morgan fingerprint density at radius 2 is 2.11 bits per heavy atom. The van der Waals surface area contributed by atoms with Gasteiger partial charge >= 0.3 is 0 Å². The predicted molar refractivity (Wildman–Crippen MR) is 110 cm³/mol. The number of anilines is 1. The van der Waals surface area contributed by atoms with Crippen molar-refractivity contribution < 1.29 is 0 Å². The van der Waals surface area contributed by atoms with Crippen LogP contribution in [0.4, 0.5) is 5.82 Å².